The summed E-state index contributed by atoms with van der Waals surface area (Å²) in [5.74, 6) is -0.776. The second-order valence-corrected chi connectivity index (χ2v) is 4.45. The summed E-state index contributed by atoms with van der Waals surface area (Å²) in [5, 5.41) is 2.28. The number of hydrogen-bond acceptors (Lipinski definition) is 2. The summed E-state index contributed by atoms with van der Waals surface area (Å²) in [7, 11) is 0. The van der Waals surface area contributed by atoms with E-state index in [4.69, 9.17) is 0 Å². The van der Waals surface area contributed by atoms with E-state index in [1.165, 1.54) is 29.2 Å². The van der Waals surface area contributed by atoms with Gasteiger partial charge >= 0.3 is 6.03 Å². The zero-order chi connectivity index (χ0) is 14.1. The Morgan fingerprint density at radius 2 is 1.60 bits per heavy atom. The van der Waals surface area contributed by atoms with Crippen molar-refractivity contribution in [1.82, 2.24) is 5.32 Å². The molecule has 0 radical (unpaired) electrons. The lowest BCUT2D eigenvalue weighted by Crippen LogP contribution is -2.29. The lowest BCUT2D eigenvalue weighted by Gasteiger charge is -2.22. The normalized spacial score (nSPS) is 18.2. The molecular weight excluding hydrogens is 259 g/mol. The first-order valence-electron chi connectivity index (χ1n) is 6.11. The molecule has 1 unspecified atom stereocenters. The van der Waals surface area contributed by atoms with Gasteiger partial charge in [0.2, 0.25) is 0 Å². The van der Waals surface area contributed by atoms with E-state index in [0.29, 0.717) is 11.3 Å². The Kier molecular flexibility index (Phi) is 2.95. The molecule has 1 heterocycles. The molecule has 1 atom stereocenters. The molecule has 0 aliphatic carbocycles. The second-order valence-electron chi connectivity index (χ2n) is 4.45. The van der Waals surface area contributed by atoms with Crippen molar-refractivity contribution in [2.24, 2.45) is 0 Å². The number of benzene rings is 2. The van der Waals surface area contributed by atoms with E-state index in [2.05, 4.69) is 5.32 Å². The minimum atomic E-state index is -0.728. The molecule has 3 rings (SSSR count). The van der Waals surface area contributed by atoms with Crippen molar-refractivity contribution in [3.63, 3.8) is 0 Å². The average molecular weight is 270 g/mol. The number of nitrogens with one attached hydrogen (secondary N) is 1. The van der Waals surface area contributed by atoms with Crippen molar-refractivity contribution in [2.45, 2.75) is 6.04 Å². The molecule has 1 aliphatic rings. The third-order valence-electron chi connectivity index (χ3n) is 3.18. The van der Waals surface area contributed by atoms with Gasteiger partial charge in [0.25, 0.3) is 5.91 Å². The first kappa shape index (κ1) is 12.3. The molecule has 2 aromatic rings. The van der Waals surface area contributed by atoms with Gasteiger partial charge in [-0.2, -0.15) is 0 Å². The Morgan fingerprint density at radius 3 is 2.25 bits per heavy atom. The van der Waals surface area contributed by atoms with Gasteiger partial charge < -0.3 is 0 Å². The molecule has 0 saturated carbocycles. The molecule has 2 aromatic carbocycles. The number of carbonyl (C=O) groups is 2. The quantitative estimate of drug-likeness (QED) is 0.853. The molecule has 0 spiro atoms. The minimum Gasteiger partial charge on any atom is -0.277 e. The zero-order valence-electron chi connectivity index (χ0n) is 10.4. The molecule has 5 heteroatoms. The van der Waals surface area contributed by atoms with Crippen LogP contribution in [0.4, 0.5) is 14.9 Å². The molecule has 3 amide bonds. The van der Waals surface area contributed by atoms with Crippen molar-refractivity contribution in [1.29, 1.82) is 0 Å². The number of hydrogen-bond donors (Lipinski definition) is 1. The fraction of sp³-hybridized carbons (Fsp3) is 0.0667. The molecule has 1 fully saturated rings. The van der Waals surface area contributed by atoms with Crippen LogP contribution in [-0.2, 0) is 4.79 Å². The van der Waals surface area contributed by atoms with Crippen LogP contribution in [0.15, 0.2) is 54.6 Å². The smallest absolute Gasteiger partial charge is 0.277 e. The molecule has 1 N–H and O–H groups in total. The topological polar surface area (TPSA) is 49.4 Å². The zero-order valence-corrected chi connectivity index (χ0v) is 10.4. The fourth-order valence-electron chi connectivity index (χ4n) is 2.27. The highest BCUT2D eigenvalue weighted by Crippen LogP contribution is 2.31. The largest absolute Gasteiger partial charge is 0.329 e. The molecule has 0 bridgehead atoms. The van der Waals surface area contributed by atoms with E-state index in [1.807, 2.05) is 6.07 Å². The van der Waals surface area contributed by atoms with Crippen molar-refractivity contribution >= 4 is 17.6 Å². The van der Waals surface area contributed by atoms with Gasteiger partial charge in [0.05, 0.1) is 0 Å². The Morgan fingerprint density at radius 1 is 0.950 bits per heavy atom. The van der Waals surface area contributed by atoms with Gasteiger partial charge in [0.1, 0.15) is 11.9 Å². The summed E-state index contributed by atoms with van der Waals surface area (Å²) in [5.41, 5.74) is 1.18. The monoisotopic (exact) mass is 270 g/mol. The van der Waals surface area contributed by atoms with Crippen LogP contribution in [0.1, 0.15) is 11.6 Å². The van der Waals surface area contributed by atoms with Crippen molar-refractivity contribution in [3.05, 3.63) is 66.0 Å². The molecular formula is C15H11FN2O2. The molecule has 100 valence electrons. The lowest BCUT2D eigenvalue weighted by atomic mass is 10.1. The van der Waals surface area contributed by atoms with E-state index >= 15 is 0 Å². The number of halogens is 1. The first-order valence-corrected chi connectivity index (χ1v) is 6.11. The van der Waals surface area contributed by atoms with Crippen LogP contribution in [0.2, 0.25) is 0 Å². The van der Waals surface area contributed by atoms with Crippen LogP contribution < -0.4 is 10.2 Å². The number of imide groups is 1. The maximum absolute atomic E-state index is 13.0. The lowest BCUT2D eigenvalue weighted by molar-refractivity contribution is -0.119. The summed E-state index contributed by atoms with van der Waals surface area (Å²) in [4.78, 5) is 25.3. The summed E-state index contributed by atoms with van der Waals surface area (Å²) in [6, 6.07) is 13.2. The van der Waals surface area contributed by atoms with Gasteiger partial charge in [-0.3, -0.25) is 15.0 Å². The molecule has 0 aromatic heterocycles. The molecule has 20 heavy (non-hydrogen) atoms. The van der Waals surface area contributed by atoms with Crippen molar-refractivity contribution in [2.75, 3.05) is 4.90 Å². The number of rotatable bonds is 2. The van der Waals surface area contributed by atoms with Crippen molar-refractivity contribution < 1.29 is 14.0 Å². The van der Waals surface area contributed by atoms with Crippen molar-refractivity contribution in [3.8, 4) is 0 Å². The maximum atomic E-state index is 13.0. The number of amides is 3. The third-order valence-corrected chi connectivity index (χ3v) is 3.18. The van der Waals surface area contributed by atoms with Gasteiger partial charge in [-0.1, -0.05) is 30.3 Å². The maximum Gasteiger partial charge on any atom is 0.329 e. The van der Waals surface area contributed by atoms with Crippen LogP contribution in [-0.4, -0.2) is 11.9 Å². The Hall–Kier alpha value is -2.69. The van der Waals surface area contributed by atoms with Crippen LogP contribution in [0.25, 0.3) is 0 Å². The van der Waals surface area contributed by atoms with E-state index in [-0.39, 0.29) is 5.91 Å². The molecule has 1 saturated heterocycles. The number of carbonyl (C=O) groups excluding carboxylic acids is 2. The highest BCUT2D eigenvalue weighted by Gasteiger charge is 2.40. The van der Waals surface area contributed by atoms with E-state index in [0.717, 1.165) is 0 Å². The highest BCUT2D eigenvalue weighted by atomic mass is 19.1. The van der Waals surface area contributed by atoms with Gasteiger partial charge in [-0.05, 0) is 29.8 Å². The van der Waals surface area contributed by atoms with Crippen LogP contribution in [0.5, 0.6) is 0 Å². The Bertz CT molecular complexity index is 655. The minimum absolute atomic E-state index is 0.384. The van der Waals surface area contributed by atoms with Gasteiger partial charge in [0.15, 0.2) is 0 Å². The Balaban J connectivity index is 2.04. The predicted molar refractivity (Wildman–Crippen MR) is 71.6 cm³/mol. The SMILES string of the molecule is O=C1NC(=O)N(c2ccc(F)cc2)C1c1ccccc1. The third kappa shape index (κ3) is 2.03. The van der Waals surface area contributed by atoms with Gasteiger partial charge in [0, 0.05) is 5.69 Å². The highest BCUT2D eigenvalue weighted by molar-refractivity contribution is 6.14. The van der Waals surface area contributed by atoms with E-state index < -0.39 is 17.9 Å². The van der Waals surface area contributed by atoms with Crippen LogP contribution in [0, 0.1) is 5.82 Å². The van der Waals surface area contributed by atoms with Gasteiger partial charge in [-0.25, -0.2) is 9.18 Å². The van der Waals surface area contributed by atoms with Crippen LogP contribution in [0.3, 0.4) is 0 Å². The summed E-state index contributed by atoms with van der Waals surface area (Å²) in [6.07, 6.45) is 0. The summed E-state index contributed by atoms with van der Waals surface area (Å²) in [6.45, 7) is 0. The number of urea groups is 1. The van der Waals surface area contributed by atoms with Crippen LogP contribution >= 0.6 is 0 Å². The number of anilines is 1. The number of nitrogens with zero attached hydrogens (tertiary/aromatic N) is 1. The average Bonchev–Trinajstić information content (AvgIpc) is 2.75. The second kappa shape index (κ2) is 4.77. The summed E-state index contributed by atoms with van der Waals surface area (Å²) < 4.78 is 13.0. The van der Waals surface area contributed by atoms with E-state index in [1.54, 1.807) is 24.3 Å². The standard InChI is InChI=1S/C15H11FN2O2/c16-11-6-8-12(9-7-11)18-13(14(19)17-15(18)20)10-4-2-1-3-5-10/h1-9,13H,(H,17,19,20). The molecule has 1 aliphatic heterocycles. The predicted octanol–water partition coefficient (Wildman–Crippen LogP) is 2.62. The van der Waals surface area contributed by atoms with Gasteiger partial charge in [-0.15, -0.1) is 0 Å². The van der Waals surface area contributed by atoms with E-state index in [9.17, 15) is 14.0 Å². The Labute approximate surface area is 114 Å². The first-order chi connectivity index (χ1) is 9.66. The summed E-state index contributed by atoms with van der Waals surface area (Å²) >= 11 is 0. The fourth-order valence-corrected chi connectivity index (χ4v) is 2.27. The molecule has 4 nitrogen and oxygen atoms in total.